The summed E-state index contributed by atoms with van der Waals surface area (Å²) in [5.41, 5.74) is 9.30. The summed E-state index contributed by atoms with van der Waals surface area (Å²) in [7, 11) is 0. The molecular formula is C18H27N3. The molecule has 3 heteroatoms. The first-order valence-electron chi connectivity index (χ1n) is 8.08. The second kappa shape index (κ2) is 7.99. The number of unbranched alkanes of at least 4 members (excludes halogenated alkanes) is 2. The lowest BCUT2D eigenvalue weighted by Crippen LogP contribution is -2.07. The quantitative estimate of drug-likeness (QED) is 0.739. The molecule has 2 aromatic rings. The summed E-state index contributed by atoms with van der Waals surface area (Å²) in [6, 6.07) is 10.5. The van der Waals surface area contributed by atoms with Crippen molar-refractivity contribution in [1.82, 2.24) is 9.55 Å². The van der Waals surface area contributed by atoms with Crippen molar-refractivity contribution < 1.29 is 0 Å². The molecule has 0 aliphatic rings. The Kier molecular flexibility index (Phi) is 6.00. The zero-order valence-corrected chi connectivity index (χ0v) is 13.3. The van der Waals surface area contributed by atoms with Crippen LogP contribution in [0.5, 0.6) is 0 Å². The molecule has 1 aromatic carbocycles. The Morgan fingerprint density at radius 2 is 1.90 bits per heavy atom. The van der Waals surface area contributed by atoms with Gasteiger partial charge in [0.15, 0.2) is 0 Å². The molecule has 0 amide bonds. The van der Waals surface area contributed by atoms with Crippen molar-refractivity contribution in [2.45, 2.75) is 52.0 Å². The minimum absolute atomic E-state index is 0.525. The van der Waals surface area contributed by atoms with E-state index in [1.807, 2.05) is 6.33 Å². The van der Waals surface area contributed by atoms with Gasteiger partial charge in [0, 0.05) is 17.8 Å². The molecule has 0 bridgehead atoms. The summed E-state index contributed by atoms with van der Waals surface area (Å²) in [4.78, 5) is 4.69. The van der Waals surface area contributed by atoms with Crippen LogP contribution < -0.4 is 5.73 Å². The second-order valence-electron chi connectivity index (χ2n) is 5.70. The average molecular weight is 285 g/mol. The van der Waals surface area contributed by atoms with E-state index in [9.17, 15) is 0 Å². The molecule has 1 atom stereocenters. The summed E-state index contributed by atoms with van der Waals surface area (Å²) in [5.74, 6) is 0.525. The highest BCUT2D eigenvalue weighted by atomic mass is 15.1. The highest BCUT2D eigenvalue weighted by Gasteiger charge is 2.17. The van der Waals surface area contributed by atoms with Crippen LogP contribution in [-0.2, 0) is 6.54 Å². The molecule has 3 nitrogen and oxygen atoms in total. The molecule has 0 saturated heterocycles. The van der Waals surface area contributed by atoms with Crippen LogP contribution in [-0.4, -0.2) is 16.1 Å². The van der Waals surface area contributed by atoms with E-state index in [4.69, 9.17) is 10.7 Å². The lowest BCUT2D eigenvalue weighted by molar-refractivity contribution is 0.553. The number of nitrogens with zero attached hydrogens (tertiary/aromatic N) is 2. The van der Waals surface area contributed by atoms with Crippen LogP contribution in [0.1, 0.15) is 51.1 Å². The molecule has 1 heterocycles. The molecule has 2 rings (SSSR count). The highest BCUT2D eigenvalue weighted by Crippen LogP contribution is 2.30. The summed E-state index contributed by atoms with van der Waals surface area (Å²) in [6.45, 7) is 6.36. The standard InChI is InChI=1S/C18H27N3/c1-3-15(2)18-17(16-10-6-4-7-11-16)20-14-21(18)13-9-5-8-12-19/h4,6-7,10-11,14-15H,3,5,8-9,12-13,19H2,1-2H3. The minimum Gasteiger partial charge on any atom is -0.334 e. The fraction of sp³-hybridized carbons (Fsp3) is 0.500. The first-order chi connectivity index (χ1) is 10.3. The molecule has 21 heavy (non-hydrogen) atoms. The van der Waals surface area contributed by atoms with Crippen molar-refractivity contribution in [3.05, 3.63) is 42.4 Å². The van der Waals surface area contributed by atoms with E-state index in [0.717, 1.165) is 31.6 Å². The molecular weight excluding hydrogens is 258 g/mol. The Hall–Kier alpha value is -1.61. The molecule has 0 spiro atoms. The van der Waals surface area contributed by atoms with Gasteiger partial charge in [0.25, 0.3) is 0 Å². The van der Waals surface area contributed by atoms with Gasteiger partial charge >= 0.3 is 0 Å². The van der Waals surface area contributed by atoms with Gasteiger partial charge in [-0.25, -0.2) is 4.98 Å². The van der Waals surface area contributed by atoms with Crippen LogP contribution in [0.15, 0.2) is 36.7 Å². The smallest absolute Gasteiger partial charge is 0.0956 e. The SMILES string of the molecule is CCC(C)c1c(-c2ccccc2)ncn1CCCCCN. The van der Waals surface area contributed by atoms with Crippen molar-refractivity contribution >= 4 is 0 Å². The van der Waals surface area contributed by atoms with Crippen LogP contribution in [0, 0.1) is 0 Å². The third kappa shape index (κ3) is 3.94. The van der Waals surface area contributed by atoms with Crippen molar-refractivity contribution in [2.24, 2.45) is 5.73 Å². The molecule has 0 aliphatic carbocycles. The molecule has 1 unspecified atom stereocenters. The van der Waals surface area contributed by atoms with Crippen LogP contribution >= 0.6 is 0 Å². The van der Waals surface area contributed by atoms with E-state index in [1.54, 1.807) is 0 Å². The van der Waals surface area contributed by atoms with Gasteiger partial charge in [0.2, 0.25) is 0 Å². The lowest BCUT2D eigenvalue weighted by atomic mass is 9.99. The second-order valence-corrected chi connectivity index (χ2v) is 5.70. The van der Waals surface area contributed by atoms with E-state index in [2.05, 4.69) is 48.7 Å². The number of rotatable bonds is 8. The molecule has 0 aliphatic heterocycles. The van der Waals surface area contributed by atoms with E-state index in [-0.39, 0.29) is 0 Å². The fourth-order valence-electron chi connectivity index (χ4n) is 2.70. The highest BCUT2D eigenvalue weighted by molar-refractivity contribution is 5.62. The molecule has 0 fully saturated rings. The Balaban J connectivity index is 2.23. The number of benzene rings is 1. The average Bonchev–Trinajstić information content (AvgIpc) is 2.95. The van der Waals surface area contributed by atoms with E-state index < -0.39 is 0 Å². The van der Waals surface area contributed by atoms with E-state index in [0.29, 0.717) is 5.92 Å². The predicted molar refractivity (Wildman–Crippen MR) is 89.3 cm³/mol. The topological polar surface area (TPSA) is 43.8 Å². The lowest BCUT2D eigenvalue weighted by Gasteiger charge is -2.15. The van der Waals surface area contributed by atoms with Crippen LogP contribution in [0.4, 0.5) is 0 Å². The normalized spacial score (nSPS) is 12.5. The third-order valence-corrected chi connectivity index (χ3v) is 4.11. The monoisotopic (exact) mass is 285 g/mol. The fourth-order valence-corrected chi connectivity index (χ4v) is 2.70. The molecule has 0 saturated carbocycles. The van der Waals surface area contributed by atoms with Gasteiger partial charge in [0.1, 0.15) is 0 Å². The zero-order valence-electron chi connectivity index (χ0n) is 13.3. The van der Waals surface area contributed by atoms with Gasteiger partial charge in [-0.2, -0.15) is 0 Å². The van der Waals surface area contributed by atoms with Gasteiger partial charge in [0.05, 0.1) is 12.0 Å². The van der Waals surface area contributed by atoms with Crippen molar-refractivity contribution in [2.75, 3.05) is 6.54 Å². The largest absolute Gasteiger partial charge is 0.334 e. The van der Waals surface area contributed by atoms with Crippen LogP contribution in [0.2, 0.25) is 0 Å². The summed E-state index contributed by atoms with van der Waals surface area (Å²) >= 11 is 0. The number of aromatic nitrogens is 2. The zero-order chi connectivity index (χ0) is 15.1. The number of aryl methyl sites for hydroxylation is 1. The third-order valence-electron chi connectivity index (χ3n) is 4.11. The van der Waals surface area contributed by atoms with Gasteiger partial charge in [-0.15, -0.1) is 0 Å². The number of imidazole rings is 1. The molecule has 114 valence electrons. The van der Waals surface area contributed by atoms with Crippen LogP contribution in [0.3, 0.4) is 0 Å². The van der Waals surface area contributed by atoms with Gasteiger partial charge in [-0.3, -0.25) is 0 Å². The van der Waals surface area contributed by atoms with E-state index in [1.165, 1.54) is 24.1 Å². The minimum atomic E-state index is 0.525. The Bertz CT molecular complexity index is 531. The number of nitrogens with two attached hydrogens (primary N) is 1. The molecule has 0 radical (unpaired) electrons. The van der Waals surface area contributed by atoms with Gasteiger partial charge in [-0.05, 0) is 31.7 Å². The van der Waals surface area contributed by atoms with Gasteiger partial charge in [-0.1, -0.05) is 50.6 Å². The maximum atomic E-state index is 5.57. The van der Waals surface area contributed by atoms with Crippen LogP contribution in [0.25, 0.3) is 11.3 Å². The van der Waals surface area contributed by atoms with Crippen molar-refractivity contribution in [3.63, 3.8) is 0 Å². The first kappa shape index (κ1) is 15.8. The Labute approximate surface area is 128 Å². The van der Waals surface area contributed by atoms with E-state index >= 15 is 0 Å². The Morgan fingerprint density at radius 1 is 1.14 bits per heavy atom. The molecule has 2 N–H and O–H groups in total. The first-order valence-corrected chi connectivity index (χ1v) is 8.08. The predicted octanol–water partition coefficient (Wildman–Crippen LogP) is 4.19. The maximum Gasteiger partial charge on any atom is 0.0956 e. The molecule has 1 aromatic heterocycles. The number of hydrogen-bond acceptors (Lipinski definition) is 2. The van der Waals surface area contributed by atoms with Crippen molar-refractivity contribution in [1.29, 1.82) is 0 Å². The van der Waals surface area contributed by atoms with Crippen molar-refractivity contribution in [3.8, 4) is 11.3 Å². The van der Waals surface area contributed by atoms with Gasteiger partial charge < -0.3 is 10.3 Å². The number of hydrogen-bond donors (Lipinski definition) is 1. The summed E-state index contributed by atoms with van der Waals surface area (Å²) in [6.07, 6.45) is 6.61. The summed E-state index contributed by atoms with van der Waals surface area (Å²) in [5, 5.41) is 0. The maximum absolute atomic E-state index is 5.57. The Morgan fingerprint density at radius 3 is 2.57 bits per heavy atom. The summed E-state index contributed by atoms with van der Waals surface area (Å²) < 4.78 is 2.34.